The predicted molar refractivity (Wildman–Crippen MR) is 74.3 cm³/mol. The number of alkyl halides is 1. The molecule has 0 aromatic carbocycles. The Morgan fingerprint density at radius 1 is 1.48 bits per heavy atom. The van der Waals surface area contributed by atoms with Crippen LogP contribution in [0, 0.1) is 0 Å². The summed E-state index contributed by atoms with van der Waals surface area (Å²) in [4.78, 5) is 13.1. The topological polar surface area (TPSA) is 107 Å². The molecule has 2 saturated heterocycles. The van der Waals surface area contributed by atoms with E-state index in [0.717, 1.165) is 11.8 Å². The number of nitrogens with zero attached hydrogens (tertiary/aromatic N) is 3. The number of thioether (sulfide) groups is 1. The standard InChI is InChI=1S/C7H12ClFN4O5S3/c8-20(15,16)12-6(14)10-21(17,18)13(12)7-11(3-1-2-9)4-5-19-7/h7H,1-5H2,(H,10,14). The van der Waals surface area contributed by atoms with Crippen LogP contribution in [0.1, 0.15) is 6.42 Å². The molecular formula is C7H12ClFN4O5S3. The van der Waals surface area contributed by atoms with Crippen molar-refractivity contribution >= 4 is 47.9 Å². The second-order valence-corrected chi connectivity index (χ2v) is 9.18. The zero-order chi connectivity index (χ0) is 15.8. The molecule has 9 nitrogen and oxygen atoms in total. The van der Waals surface area contributed by atoms with Gasteiger partial charge in [-0.25, -0.2) is 9.52 Å². The van der Waals surface area contributed by atoms with E-state index in [1.807, 2.05) is 0 Å². The molecule has 2 fully saturated rings. The van der Waals surface area contributed by atoms with Gasteiger partial charge in [0.1, 0.15) is 5.50 Å². The molecule has 1 N–H and O–H groups in total. The summed E-state index contributed by atoms with van der Waals surface area (Å²) in [5, 5.41) is 0. The Bertz CT molecular complexity index is 628. The summed E-state index contributed by atoms with van der Waals surface area (Å²) in [6.45, 7) is 0.0750. The van der Waals surface area contributed by atoms with Crippen LogP contribution in [-0.4, -0.2) is 67.6 Å². The van der Waals surface area contributed by atoms with Crippen molar-refractivity contribution in [2.75, 3.05) is 25.5 Å². The number of rotatable bonds is 5. The number of hydrogen-bond acceptors (Lipinski definition) is 7. The highest BCUT2D eigenvalue weighted by atomic mass is 35.7. The molecule has 2 rings (SSSR count). The van der Waals surface area contributed by atoms with Gasteiger partial charge in [-0.2, -0.15) is 16.8 Å². The normalized spacial score (nSPS) is 27.2. The number of carbonyl (C=O) groups excluding carboxylic acids is 1. The molecule has 2 aliphatic rings. The third-order valence-electron chi connectivity index (χ3n) is 2.75. The Kier molecular flexibility index (Phi) is 4.90. The van der Waals surface area contributed by atoms with Crippen molar-refractivity contribution in [3.8, 4) is 0 Å². The van der Waals surface area contributed by atoms with Crippen molar-refractivity contribution < 1.29 is 26.0 Å². The average molecular weight is 383 g/mol. The van der Waals surface area contributed by atoms with E-state index in [-0.39, 0.29) is 17.4 Å². The molecule has 1 atom stereocenters. The fraction of sp³-hybridized carbons (Fsp3) is 0.857. The predicted octanol–water partition coefficient (Wildman–Crippen LogP) is -0.351. The molecule has 21 heavy (non-hydrogen) atoms. The smallest absolute Gasteiger partial charge is 0.276 e. The van der Waals surface area contributed by atoms with Crippen LogP contribution in [0.2, 0.25) is 0 Å². The Morgan fingerprint density at radius 2 is 2.14 bits per heavy atom. The van der Waals surface area contributed by atoms with Gasteiger partial charge in [-0.05, 0) is 10.8 Å². The summed E-state index contributed by atoms with van der Waals surface area (Å²) in [6.07, 6.45) is 0.167. The van der Waals surface area contributed by atoms with Crippen LogP contribution in [0.5, 0.6) is 0 Å². The van der Waals surface area contributed by atoms with Crippen molar-refractivity contribution in [2.45, 2.75) is 11.9 Å². The molecule has 1 unspecified atom stereocenters. The van der Waals surface area contributed by atoms with Crippen LogP contribution >= 0.6 is 22.4 Å². The van der Waals surface area contributed by atoms with Crippen LogP contribution < -0.4 is 4.72 Å². The van der Waals surface area contributed by atoms with Crippen molar-refractivity contribution in [3.05, 3.63) is 0 Å². The van der Waals surface area contributed by atoms with Gasteiger partial charge in [0.05, 0.1) is 6.67 Å². The van der Waals surface area contributed by atoms with Gasteiger partial charge >= 0.3 is 25.5 Å². The number of carbonyl (C=O) groups is 1. The highest BCUT2D eigenvalue weighted by Gasteiger charge is 2.53. The van der Waals surface area contributed by atoms with E-state index in [2.05, 4.69) is 0 Å². The lowest BCUT2D eigenvalue weighted by Gasteiger charge is -2.31. The van der Waals surface area contributed by atoms with Gasteiger partial charge in [-0.1, -0.05) is 0 Å². The fourth-order valence-electron chi connectivity index (χ4n) is 1.97. The van der Waals surface area contributed by atoms with Gasteiger partial charge in [0, 0.05) is 29.5 Å². The molecule has 14 heteroatoms. The highest BCUT2D eigenvalue weighted by Crippen LogP contribution is 2.34. The quantitative estimate of drug-likeness (QED) is 0.647. The average Bonchev–Trinajstić information content (AvgIpc) is 2.86. The molecule has 0 spiro atoms. The van der Waals surface area contributed by atoms with E-state index >= 15 is 0 Å². The first kappa shape index (κ1) is 17.0. The second kappa shape index (κ2) is 6.04. The lowest BCUT2D eigenvalue weighted by Crippen LogP contribution is -2.52. The lowest BCUT2D eigenvalue weighted by atomic mass is 10.4. The number of hydrogen-bond donors (Lipinski definition) is 1. The Labute approximate surface area is 130 Å². The molecule has 0 aromatic heterocycles. The lowest BCUT2D eigenvalue weighted by molar-refractivity contribution is 0.102. The summed E-state index contributed by atoms with van der Waals surface area (Å²) < 4.78 is 61.0. The van der Waals surface area contributed by atoms with Gasteiger partial charge in [-0.3, -0.25) is 9.29 Å². The third-order valence-corrected chi connectivity index (χ3v) is 6.63. The first-order valence-corrected chi connectivity index (χ1v) is 10.5. The van der Waals surface area contributed by atoms with Crippen molar-refractivity contribution in [1.82, 2.24) is 18.5 Å². The van der Waals surface area contributed by atoms with Crippen molar-refractivity contribution in [1.29, 1.82) is 0 Å². The molecule has 2 aliphatic heterocycles. The largest absolute Gasteiger partial charge is 0.362 e. The number of hydrazine groups is 1. The molecule has 0 aliphatic carbocycles. The summed E-state index contributed by atoms with van der Waals surface area (Å²) in [7, 11) is -3.87. The first-order valence-electron chi connectivity index (χ1n) is 5.71. The van der Waals surface area contributed by atoms with E-state index in [1.54, 1.807) is 9.62 Å². The van der Waals surface area contributed by atoms with Gasteiger partial charge < -0.3 is 0 Å². The van der Waals surface area contributed by atoms with Crippen molar-refractivity contribution in [3.63, 3.8) is 0 Å². The van der Waals surface area contributed by atoms with Gasteiger partial charge in [0.15, 0.2) is 0 Å². The van der Waals surface area contributed by atoms with E-state index < -0.39 is 37.6 Å². The van der Waals surface area contributed by atoms with Crippen LogP contribution in [0.4, 0.5) is 9.18 Å². The van der Waals surface area contributed by atoms with E-state index in [1.165, 1.54) is 0 Å². The number of amides is 2. The molecular weight excluding hydrogens is 371 g/mol. The van der Waals surface area contributed by atoms with Crippen LogP contribution in [0.3, 0.4) is 0 Å². The molecule has 0 aromatic rings. The maximum atomic E-state index is 12.3. The zero-order valence-electron chi connectivity index (χ0n) is 10.5. The maximum absolute atomic E-state index is 12.3. The Morgan fingerprint density at radius 3 is 2.71 bits per heavy atom. The number of urea groups is 1. The van der Waals surface area contributed by atoms with E-state index in [4.69, 9.17) is 10.7 Å². The SMILES string of the molecule is O=C1NS(=O)(=O)N(C2SCCN2CCCF)N1S(=O)(=O)Cl. The minimum atomic E-state index is -4.63. The fourth-order valence-corrected chi connectivity index (χ4v) is 6.39. The first-order chi connectivity index (χ1) is 9.68. The van der Waals surface area contributed by atoms with Gasteiger partial charge in [0.25, 0.3) is 0 Å². The molecule has 0 radical (unpaired) electrons. The maximum Gasteiger partial charge on any atom is 0.362 e. The molecule has 0 bridgehead atoms. The minimum Gasteiger partial charge on any atom is -0.276 e. The summed E-state index contributed by atoms with van der Waals surface area (Å²) in [6, 6.07) is -1.37. The van der Waals surface area contributed by atoms with Gasteiger partial charge in [-0.15, -0.1) is 16.2 Å². The van der Waals surface area contributed by atoms with E-state index in [9.17, 15) is 26.0 Å². The number of nitrogens with one attached hydrogen (secondary N) is 1. The summed E-state index contributed by atoms with van der Waals surface area (Å²) in [5.41, 5.74) is -0.978. The molecule has 122 valence electrons. The second-order valence-electron chi connectivity index (χ2n) is 4.15. The minimum absolute atomic E-state index is 0.0324. The van der Waals surface area contributed by atoms with Crippen molar-refractivity contribution in [2.24, 2.45) is 0 Å². The summed E-state index contributed by atoms with van der Waals surface area (Å²) >= 11 is 1.12. The molecule has 0 saturated carbocycles. The van der Waals surface area contributed by atoms with Crippen LogP contribution in [-0.2, 0) is 19.4 Å². The summed E-state index contributed by atoms with van der Waals surface area (Å²) in [5.74, 6) is 0.507. The number of halogens is 2. The molecule has 2 amide bonds. The van der Waals surface area contributed by atoms with Gasteiger partial charge in [0.2, 0.25) is 0 Å². The molecule has 2 heterocycles. The van der Waals surface area contributed by atoms with E-state index in [0.29, 0.717) is 16.7 Å². The highest BCUT2D eigenvalue weighted by molar-refractivity contribution is 8.12. The Balaban J connectivity index is 2.35. The van der Waals surface area contributed by atoms with Crippen LogP contribution in [0.25, 0.3) is 0 Å². The Hall–Kier alpha value is -0.340. The van der Waals surface area contributed by atoms with Crippen LogP contribution in [0.15, 0.2) is 0 Å². The third kappa shape index (κ3) is 3.37. The zero-order valence-corrected chi connectivity index (χ0v) is 13.7. The monoisotopic (exact) mass is 382 g/mol.